The van der Waals surface area contributed by atoms with Gasteiger partial charge < -0.3 is 24.1 Å². The van der Waals surface area contributed by atoms with Crippen LogP contribution >= 0.6 is 0 Å². The molecule has 1 aromatic heterocycles. The van der Waals surface area contributed by atoms with Gasteiger partial charge in [0.2, 0.25) is 11.7 Å². The molecule has 1 amide bonds. The molecule has 0 aliphatic carbocycles. The molecule has 0 bridgehead atoms. The third-order valence-electron chi connectivity index (χ3n) is 4.25. The summed E-state index contributed by atoms with van der Waals surface area (Å²) in [6, 6.07) is 11.0. The Kier molecular flexibility index (Phi) is 6.69. The van der Waals surface area contributed by atoms with Crippen LogP contribution in [0.1, 0.15) is 11.3 Å². The summed E-state index contributed by atoms with van der Waals surface area (Å²) in [5, 5.41) is 6.64. The summed E-state index contributed by atoms with van der Waals surface area (Å²) in [6.45, 7) is 0.184. The van der Waals surface area contributed by atoms with Crippen LogP contribution in [0.5, 0.6) is 17.2 Å². The summed E-state index contributed by atoms with van der Waals surface area (Å²) in [5.41, 5.74) is 1.95. The van der Waals surface area contributed by atoms with E-state index < -0.39 is 0 Å². The monoisotopic (exact) mass is 412 g/mol. The van der Waals surface area contributed by atoms with Gasteiger partial charge in [-0.3, -0.25) is 4.79 Å². The van der Waals surface area contributed by atoms with Crippen molar-refractivity contribution in [3.05, 3.63) is 65.6 Å². The van der Waals surface area contributed by atoms with Crippen molar-refractivity contribution in [2.24, 2.45) is 0 Å². The predicted octanol–water partition coefficient (Wildman–Crippen LogP) is 3.84. The number of halogens is 1. The van der Waals surface area contributed by atoms with Crippen LogP contribution in [-0.2, 0) is 11.3 Å². The molecule has 1 N–H and O–H groups in total. The van der Waals surface area contributed by atoms with E-state index in [0.29, 0.717) is 39.8 Å². The van der Waals surface area contributed by atoms with E-state index in [1.54, 1.807) is 36.4 Å². The van der Waals surface area contributed by atoms with Gasteiger partial charge in [0.15, 0.2) is 17.3 Å². The Balaban J connectivity index is 1.62. The van der Waals surface area contributed by atoms with Gasteiger partial charge in [-0.15, -0.1) is 0 Å². The van der Waals surface area contributed by atoms with Crippen LogP contribution in [0.3, 0.4) is 0 Å². The van der Waals surface area contributed by atoms with E-state index in [9.17, 15) is 9.18 Å². The number of hydrogen-bond acceptors (Lipinski definition) is 6. The van der Waals surface area contributed by atoms with Gasteiger partial charge in [0.05, 0.1) is 27.9 Å². The Hall–Kier alpha value is -3.81. The number of methoxy groups -OCH3 is 3. The molecule has 0 spiro atoms. The number of aromatic nitrogens is 1. The minimum absolute atomic E-state index is 0.184. The first-order valence-corrected chi connectivity index (χ1v) is 9.01. The minimum atomic E-state index is -0.329. The van der Waals surface area contributed by atoms with Crippen LogP contribution in [0.4, 0.5) is 4.39 Å². The summed E-state index contributed by atoms with van der Waals surface area (Å²) in [7, 11) is 4.57. The molecule has 0 saturated heterocycles. The molecule has 7 nitrogen and oxygen atoms in total. The average molecular weight is 412 g/mol. The van der Waals surface area contributed by atoms with Crippen LogP contribution in [0.2, 0.25) is 0 Å². The normalized spacial score (nSPS) is 10.8. The van der Waals surface area contributed by atoms with Crippen molar-refractivity contribution in [2.45, 2.75) is 6.54 Å². The molecule has 0 atom stereocenters. The molecular weight excluding hydrogens is 391 g/mol. The van der Waals surface area contributed by atoms with E-state index in [-0.39, 0.29) is 18.3 Å². The maximum Gasteiger partial charge on any atom is 0.244 e. The number of benzene rings is 2. The standard InChI is InChI=1S/C22H21FN2O5/c1-27-19-10-14(11-20(28-2)22(19)29-3)4-9-21(26)24-13-17-12-18(30-25-17)15-5-7-16(23)8-6-15/h4-12H,13H2,1-3H3,(H,24,26)/b9-4-. The number of rotatable bonds is 8. The Morgan fingerprint density at radius 3 is 2.33 bits per heavy atom. The number of ether oxygens (including phenoxy) is 3. The Labute approximate surface area is 173 Å². The molecule has 0 saturated carbocycles. The zero-order chi connectivity index (χ0) is 21.5. The molecule has 8 heteroatoms. The SMILES string of the molecule is COc1cc(/C=C\C(=O)NCc2cc(-c3ccc(F)cc3)on2)cc(OC)c1OC. The molecule has 0 fully saturated rings. The summed E-state index contributed by atoms with van der Waals surface area (Å²) in [5.74, 6) is 1.32. The smallest absolute Gasteiger partial charge is 0.244 e. The first-order valence-electron chi connectivity index (χ1n) is 9.01. The number of nitrogens with one attached hydrogen (secondary N) is 1. The third-order valence-corrected chi connectivity index (χ3v) is 4.25. The molecule has 3 rings (SSSR count). The summed E-state index contributed by atoms with van der Waals surface area (Å²) >= 11 is 0. The van der Waals surface area contributed by atoms with Gasteiger partial charge in [0.25, 0.3) is 0 Å². The molecule has 3 aromatic rings. The van der Waals surface area contributed by atoms with E-state index in [4.69, 9.17) is 18.7 Å². The van der Waals surface area contributed by atoms with Crippen molar-refractivity contribution in [1.82, 2.24) is 10.5 Å². The zero-order valence-electron chi connectivity index (χ0n) is 16.8. The maximum absolute atomic E-state index is 13.0. The first-order chi connectivity index (χ1) is 14.5. The van der Waals surface area contributed by atoms with Crippen molar-refractivity contribution in [3.63, 3.8) is 0 Å². The topological polar surface area (TPSA) is 82.8 Å². The Morgan fingerprint density at radius 2 is 1.73 bits per heavy atom. The van der Waals surface area contributed by atoms with Crippen molar-refractivity contribution in [2.75, 3.05) is 21.3 Å². The second-order valence-corrected chi connectivity index (χ2v) is 6.20. The van der Waals surface area contributed by atoms with E-state index in [1.807, 2.05) is 0 Å². The van der Waals surface area contributed by atoms with Gasteiger partial charge in [-0.05, 0) is 48.0 Å². The van der Waals surface area contributed by atoms with Crippen molar-refractivity contribution >= 4 is 12.0 Å². The zero-order valence-corrected chi connectivity index (χ0v) is 16.8. The number of carbonyl (C=O) groups is 1. The van der Waals surface area contributed by atoms with Gasteiger partial charge in [-0.1, -0.05) is 5.16 Å². The average Bonchev–Trinajstić information content (AvgIpc) is 3.24. The summed E-state index contributed by atoms with van der Waals surface area (Å²) in [4.78, 5) is 12.2. The highest BCUT2D eigenvalue weighted by Crippen LogP contribution is 2.38. The molecule has 0 unspecified atom stereocenters. The second kappa shape index (κ2) is 9.60. The molecule has 0 aliphatic rings. The fourth-order valence-electron chi connectivity index (χ4n) is 2.75. The highest BCUT2D eigenvalue weighted by atomic mass is 19.1. The summed E-state index contributed by atoms with van der Waals surface area (Å²) < 4.78 is 34.1. The third kappa shape index (κ3) is 4.96. The highest BCUT2D eigenvalue weighted by molar-refractivity contribution is 5.91. The molecule has 0 aliphatic heterocycles. The first kappa shape index (κ1) is 20.9. The van der Waals surface area contributed by atoms with E-state index in [1.165, 1.54) is 39.5 Å². The van der Waals surface area contributed by atoms with Crippen molar-refractivity contribution < 1.29 is 27.9 Å². The van der Waals surface area contributed by atoms with Gasteiger partial charge in [0.1, 0.15) is 11.5 Å². The number of hydrogen-bond donors (Lipinski definition) is 1. The quantitative estimate of drug-likeness (QED) is 0.566. The lowest BCUT2D eigenvalue weighted by molar-refractivity contribution is -0.116. The summed E-state index contributed by atoms with van der Waals surface area (Å²) in [6.07, 6.45) is 3.02. The largest absolute Gasteiger partial charge is 0.493 e. The fourth-order valence-corrected chi connectivity index (χ4v) is 2.75. The van der Waals surface area contributed by atoms with Gasteiger partial charge in [0, 0.05) is 17.7 Å². The second-order valence-electron chi connectivity index (χ2n) is 6.20. The van der Waals surface area contributed by atoms with E-state index in [0.717, 1.165) is 0 Å². The Morgan fingerprint density at radius 1 is 1.07 bits per heavy atom. The molecular formula is C22H21FN2O5. The van der Waals surface area contributed by atoms with Crippen LogP contribution in [0.25, 0.3) is 17.4 Å². The highest BCUT2D eigenvalue weighted by Gasteiger charge is 2.12. The lowest BCUT2D eigenvalue weighted by Crippen LogP contribution is -2.20. The molecule has 2 aromatic carbocycles. The van der Waals surface area contributed by atoms with Crippen LogP contribution in [-0.4, -0.2) is 32.4 Å². The van der Waals surface area contributed by atoms with Gasteiger partial charge in [-0.25, -0.2) is 4.39 Å². The van der Waals surface area contributed by atoms with Crippen LogP contribution < -0.4 is 19.5 Å². The molecule has 1 heterocycles. The minimum Gasteiger partial charge on any atom is -0.493 e. The van der Waals surface area contributed by atoms with Crippen molar-refractivity contribution in [3.8, 4) is 28.6 Å². The number of amides is 1. The predicted molar refractivity (Wildman–Crippen MR) is 109 cm³/mol. The van der Waals surface area contributed by atoms with Gasteiger partial charge >= 0.3 is 0 Å². The number of carbonyl (C=O) groups excluding carboxylic acids is 1. The van der Waals surface area contributed by atoms with Crippen molar-refractivity contribution in [1.29, 1.82) is 0 Å². The van der Waals surface area contributed by atoms with Gasteiger partial charge in [-0.2, -0.15) is 0 Å². The van der Waals surface area contributed by atoms with Crippen LogP contribution in [0.15, 0.2) is 53.1 Å². The molecule has 156 valence electrons. The number of nitrogens with zero attached hydrogens (tertiary/aromatic N) is 1. The maximum atomic E-state index is 13.0. The Bertz CT molecular complexity index is 1020. The lowest BCUT2D eigenvalue weighted by atomic mass is 10.1. The van der Waals surface area contributed by atoms with E-state index in [2.05, 4.69) is 10.5 Å². The van der Waals surface area contributed by atoms with E-state index >= 15 is 0 Å². The fraction of sp³-hybridized carbons (Fsp3) is 0.182. The lowest BCUT2D eigenvalue weighted by Gasteiger charge is -2.12. The van der Waals surface area contributed by atoms with Crippen LogP contribution in [0, 0.1) is 5.82 Å². The molecule has 30 heavy (non-hydrogen) atoms. The molecule has 0 radical (unpaired) electrons.